The van der Waals surface area contributed by atoms with Gasteiger partial charge in [0.1, 0.15) is 5.60 Å². The van der Waals surface area contributed by atoms with E-state index in [1.807, 2.05) is 22.6 Å². The molecule has 0 unspecified atom stereocenters. The van der Waals surface area contributed by atoms with Crippen molar-refractivity contribution >= 4 is 40.1 Å². The molecule has 0 aliphatic heterocycles. The maximum Gasteiger partial charge on any atom is 0.316 e. The van der Waals surface area contributed by atoms with E-state index < -0.39 is 58.4 Å². The lowest BCUT2D eigenvalue weighted by atomic mass is 9.44. The molecule has 4 rings (SSSR count). The molecule has 176 valence electrons. The maximum absolute atomic E-state index is 17.1. The van der Waals surface area contributed by atoms with Gasteiger partial charge >= 0.3 is 5.97 Å². The molecule has 0 saturated heterocycles. The van der Waals surface area contributed by atoms with Crippen LogP contribution in [-0.2, 0) is 19.1 Å². The largest absolute Gasteiger partial charge is 0.457 e. The Bertz CT molecular complexity index is 931. The minimum Gasteiger partial charge on any atom is -0.457 e. The molecule has 0 spiro atoms. The second-order valence-corrected chi connectivity index (χ2v) is 11.1. The Balaban J connectivity index is 1.73. The number of ether oxygens (including phenoxy) is 1. The highest BCUT2D eigenvalue weighted by atomic mass is 127. The SMILES string of the molecule is C[C@@H]1C[C@H]2[C@@H]3CCC4=CC(=O)C=C[C@]4(C)[C@@]3(F)[C@@H](O)C[C@]2(C)[C@@]1(O)C(=O)COC(=O)CI. The standard InChI is InChI=1S/C24H30FIO6/c1-13-8-17-16-5-4-14-9-15(27)6-7-21(14,2)23(16,25)18(28)10-22(17,3)24(13,31)19(29)12-32-20(30)11-26/h6-7,9,13,16-18,28,31H,4-5,8,10-12H2,1-3H3/t13-,16+,17+,18+,21+,22+,23+,24+/m1/s1. The quantitative estimate of drug-likeness (QED) is 0.312. The van der Waals surface area contributed by atoms with Crippen molar-refractivity contribution in [1.82, 2.24) is 0 Å². The molecule has 0 radical (unpaired) electrons. The van der Waals surface area contributed by atoms with Crippen LogP contribution in [0.5, 0.6) is 0 Å². The maximum atomic E-state index is 17.1. The van der Waals surface area contributed by atoms with Gasteiger partial charge in [-0.3, -0.25) is 14.4 Å². The number of fused-ring (bicyclic) bond motifs is 5. The highest BCUT2D eigenvalue weighted by Crippen LogP contribution is 2.70. The van der Waals surface area contributed by atoms with Crippen molar-refractivity contribution in [2.45, 2.75) is 63.8 Å². The van der Waals surface area contributed by atoms with Crippen molar-refractivity contribution in [3.05, 3.63) is 23.8 Å². The Labute approximate surface area is 200 Å². The molecule has 0 aromatic carbocycles. The number of aliphatic hydroxyl groups excluding tert-OH is 1. The van der Waals surface area contributed by atoms with E-state index in [1.54, 1.807) is 26.8 Å². The lowest BCUT2D eigenvalue weighted by Gasteiger charge is -2.62. The molecule has 3 saturated carbocycles. The van der Waals surface area contributed by atoms with Gasteiger partial charge in [0.2, 0.25) is 5.78 Å². The summed E-state index contributed by atoms with van der Waals surface area (Å²) in [5, 5.41) is 23.0. The Morgan fingerprint density at radius 2 is 2.00 bits per heavy atom. The van der Waals surface area contributed by atoms with Gasteiger partial charge in [0.05, 0.1) is 10.5 Å². The third-order valence-electron chi connectivity index (χ3n) is 9.12. The third-order valence-corrected chi connectivity index (χ3v) is 9.74. The van der Waals surface area contributed by atoms with Gasteiger partial charge in [-0.15, -0.1) is 0 Å². The van der Waals surface area contributed by atoms with E-state index in [0.717, 1.165) is 0 Å². The summed E-state index contributed by atoms with van der Waals surface area (Å²) in [5.74, 6) is -2.73. The Kier molecular flexibility index (Phi) is 5.78. The average Bonchev–Trinajstić information content (AvgIpc) is 2.94. The number of hydrogen-bond acceptors (Lipinski definition) is 6. The van der Waals surface area contributed by atoms with Crippen LogP contribution in [0.25, 0.3) is 0 Å². The lowest BCUT2D eigenvalue weighted by Crippen LogP contribution is -2.69. The number of allylic oxidation sites excluding steroid dienone is 4. The summed E-state index contributed by atoms with van der Waals surface area (Å²) in [6.07, 6.45) is 4.29. The highest BCUT2D eigenvalue weighted by molar-refractivity contribution is 14.1. The van der Waals surface area contributed by atoms with Gasteiger partial charge in [0.25, 0.3) is 0 Å². The van der Waals surface area contributed by atoms with Crippen molar-refractivity contribution in [3.8, 4) is 0 Å². The summed E-state index contributed by atoms with van der Waals surface area (Å²) in [7, 11) is 0. The smallest absolute Gasteiger partial charge is 0.316 e. The summed E-state index contributed by atoms with van der Waals surface area (Å²) in [6.45, 7) is 4.72. The summed E-state index contributed by atoms with van der Waals surface area (Å²) in [6, 6.07) is 0. The summed E-state index contributed by atoms with van der Waals surface area (Å²) < 4.78 is 22.2. The Morgan fingerprint density at radius 3 is 2.66 bits per heavy atom. The minimum absolute atomic E-state index is 0.0918. The van der Waals surface area contributed by atoms with E-state index in [2.05, 4.69) is 0 Å². The molecule has 4 aliphatic rings. The topological polar surface area (TPSA) is 101 Å². The lowest BCUT2D eigenvalue weighted by molar-refractivity contribution is -0.219. The molecule has 8 atom stereocenters. The van der Waals surface area contributed by atoms with Gasteiger partial charge in [-0.05, 0) is 56.6 Å². The molecule has 32 heavy (non-hydrogen) atoms. The normalized spacial score (nSPS) is 47.2. The average molecular weight is 560 g/mol. The van der Waals surface area contributed by atoms with Crippen LogP contribution in [0.1, 0.15) is 46.5 Å². The molecule has 0 aromatic rings. The number of Topliss-reactive ketones (excluding diaryl/α,β-unsaturated/α-hetero) is 1. The number of carbonyl (C=O) groups is 3. The van der Waals surface area contributed by atoms with E-state index in [4.69, 9.17) is 4.74 Å². The monoisotopic (exact) mass is 560 g/mol. The van der Waals surface area contributed by atoms with Crippen molar-refractivity contribution in [2.24, 2.45) is 28.6 Å². The number of halogens is 2. The van der Waals surface area contributed by atoms with Gasteiger partial charge in [-0.1, -0.05) is 48.1 Å². The zero-order chi connectivity index (χ0) is 23.7. The third kappa shape index (κ3) is 2.90. The molecule has 0 heterocycles. The molecule has 6 nitrogen and oxygen atoms in total. The van der Waals surface area contributed by atoms with Crippen LogP contribution in [0.2, 0.25) is 0 Å². The fourth-order valence-electron chi connectivity index (χ4n) is 7.44. The van der Waals surface area contributed by atoms with Crippen LogP contribution in [0.15, 0.2) is 23.8 Å². The van der Waals surface area contributed by atoms with E-state index >= 15 is 4.39 Å². The molecular formula is C24H30FIO6. The molecule has 0 amide bonds. The van der Waals surface area contributed by atoms with E-state index in [0.29, 0.717) is 24.8 Å². The predicted molar refractivity (Wildman–Crippen MR) is 123 cm³/mol. The van der Waals surface area contributed by atoms with Crippen molar-refractivity contribution in [1.29, 1.82) is 0 Å². The second kappa shape index (κ2) is 7.70. The predicted octanol–water partition coefficient (Wildman–Crippen LogP) is 2.88. The molecule has 3 fully saturated rings. The minimum atomic E-state index is -2.01. The number of hydrogen-bond donors (Lipinski definition) is 2. The summed E-state index contributed by atoms with van der Waals surface area (Å²) >= 11 is 1.84. The number of esters is 1. The van der Waals surface area contributed by atoms with E-state index in [-0.39, 0.29) is 22.5 Å². The van der Waals surface area contributed by atoms with Gasteiger partial charge < -0.3 is 14.9 Å². The molecular weight excluding hydrogens is 530 g/mol. The molecule has 0 bridgehead atoms. The fraction of sp³-hybridized carbons (Fsp3) is 0.708. The van der Waals surface area contributed by atoms with Gasteiger partial charge in [0, 0.05) is 16.7 Å². The van der Waals surface area contributed by atoms with E-state index in [9.17, 15) is 24.6 Å². The number of alkyl halides is 2. The molecule has 2 N–H and O–H groups in total. The van der Waals surface area contributed by atoms with Gasteiger partial charge in [-0.25, -0.2) is 4.39 Å². The Hall–Kier alpha value is -1.13. The highest BCUT2D eigenvalue weighted by Gasteiger charge is 2.75. The number of carbonyl (C=O) groups excluding carboxylic acids is 3. The first-order valence-corrected chi connectivity index (χ1v) is 12.7. The fourth-order valence-corrected chi connectivity index (χ4v) is 7.66. The van der Waals surface area contributed by atoms with Crippen LogP contribution in [0.4, 0.5) is 4.39 Å². The molecule has 8 heteroatoms. The second-order valence-electron chi connectivity index (χ2n) is 10.4. The van der Waals surface area contributed by atoms with Crippen LogP contribution in [-0.4, -0.2) is 56.2 Å². The first-order valence-electron chi connectivity index (χ1n) is 11.1. The van der Waals surface area contributed by atoms with Gasteiger partial charge in [-0.2, -0.15) is 0 Å². The van der Waals surface area contributed by atoms with E-state index in [1.165, 1.54) is 12.2 Å². The number of aliphatic hydroxyl groups is 2. The van der Waals surface area contributed by atoms with Crippen LogP contribution in [0, 0.1) is 28.6 Å². The van der Waals surface area contributed by atoms with Crippen molar-refractivity contribution < 1.29 is 33.7 Å². The van der Waals surface area contributed by atoms with Gasteiger partial charge in [0.15, 0.2) is 18.1 Å². The van der Waals surface area contributed by atoms with Crippen molar-refractivity contribution in [2.75, 3.05) is 11.0 Å². The number of rotatable bonds is 4. The number of ketones is 2. The summed E-state index contributed by atoms with van der Waals surface area (Å²) in [4.78, 5) is 36.7. The first kappa shape index (κ1) is 24.0. The van der Waals surface area contributed by atoms with Crippen LogP contribution >= 0.6 is 22.6 Å². The van der Waals surface area contributed by atoms with Crippen LogP contribution in [0.3, 0.4) is 0 Å². The molecule has 4 aliphatic carbocycles. The first-order chi connectivity index (χ1) is 14.9. The zero-order valence-corrected chi connectivity index (χ0v) is 20.7. The summed E-state index contributed by atoms with van der Waals surface area (Å²) in [5.41, 5.74) is -5.34. The molecule has 0 aromatic heterocycles. The Morgan fingerprint density at radius 1 is 1.31 bits per heavy atom. The van der Waals surface area contributed by atoms with Crippen LogP contribution < -0.4 is 0 Å². The van der Waals surface area contributed by atoms with Crippen molar-refractivity contribution in [3.63, 3.8) is 0 Å². The zero-order valence-electron chi connectivity index (χ0n) is 18.6.